The van der Waals surface area contributed by atoms with Gasteiger partial charge in [0.15, 0.2) is 12.1 Å². The number of carbonyl (C=O) groups is 1. The molecule has 0 spiro atoms. The van der Waals surface area contributed by atoms with E-state index in [0.29, 0.717) is 23.2 Å². The first kappa shape index (κ1) is 25.0. The van der Waals surface area contributed by atoms with Crippen LogP contribution in [0.25, 0.3) is 0 Å². The molecular formula is C28H48O3. The summed E-state index contributed by atoms with van der Waals surface area (Å²) in [5.74, 6) is 3.98. The molecule has 0 heterocycles. The predicted molar refractivity (Wildman–Crippen MR) is 127 cm³/mol. The highest BCUT2D eigenvalue weighted by Crippen LogP contribution is 2.61. The summed E-state index contributed by atoms with van der Waals surface area (Å²) in [4.78, 5) is 13.3. The van der Waals surface area contributed by atoms with Crippen LogP contribution in [0.4, 0.5) is 0 Å². The number of allylic oxidation sites excluding steroid dienone is 1. The molecule has 0 bridgehead atoms. The van der Waals surface area contributed by atoms with Gasteiger partial charge in [-0.05, 0) is 79.4 Å². The number of hydrogen-bond acceptors (Lipinski definition) is 3. The molecule has 3 aliphatic rings. The molecule has 178 valence electrons. The van der Waals surface area contributed by atoms with Crippen LogP contribution in [0.3, 0.4) is 0 Å². The minimum absolute atomic E-state index is 0.00162. The molecule has 3 rings (SSSR count). The van der Waals surface area contributed by atoms with Gasteiger partial charge in [0.05, 0.1) is 0 Å². The third-order valence-corrected chi connectivity index (χ3v) is 10.1. The Labute approximate surface area is 191 Å². The molecule has 0 aliphatic heterocycles. The summed E-state index contributed by atoms with van der Waals surface area (Å²) in [6, 6.07) is 0. The average molecular weight is 433 g/mol. The van der Waals surface area contributed by atoms with Crippen molar-refractivity contribution in [2.24, 2.45) is 46.3 Å². The summed E-state index contributed by atoms with van der Waals surface area (Å²) in [5.41, 5.74) is 0.172. The zero-order chi connectivity index (χ0) is 23.0. The van der Waals surface area contributed by atoms with Crippen molar-refractivity contribution in [1.29, 1.82) is 0 Å². The highest BCUT2D eigenvalue weighted by atomic mass is 16.5. The lowest BCUT2D eigenvalue weighted by Gasteiger charge is -2.51. The van der Waals surface area contributed by atoms with Crippen LogP contribution < -0.4 is 0 Å². The number of carbonyl (C=O) groups excluding carboxylic acids is 1. The average Bonchev–Trinajstić information content (AvgIpc) is 3.05. The van der Waals surface area contributed by atoms with Crippen LogP contribution in [-0.2, 0) is 4.79 Å². The van der Waals surface area contributed by atoms with Crippen molar-refractivity contribution in [3.63, 3.8) is 0 Å². The monoisotopic (exact) mass is 432 g/mol. The Morgan fingerprint density at radius 3 is 2.39 bits per heavy atom. The number of aliphatic hydroxyl groups excluding tert-OH is 1. The summed E-state index contributed by atoms with van der Waals surface area (Å²) >= 11 is 0. The third kappa shape index (κ3) is 4.69. The Morgan fingerprint density at radius 1 is 1.06 bits per heavy atom. The summed E-state index contributed by atoms with van der Waals surface area (Å²) < 4.78 is 0. The number of ketones is 1. The highest BCUT2D eigenvalue weighted by Gasteiger charge is 2.55. The van der Waals surface area contributed by atoms with E-state index in [1.807, 2.05) is 0 Å². The van der Waals surface area contributed by atoms with Gasteiger partial charge in [0.25, 0.3) is 0 Å². The zero-order valence-corrected chi connectivity index (χ0v) is 21.0. The first-order valence-electron chi connectivity index (χ1n) is 13.2. The number of Topliss-reactive ketones (excluding diaryl/α,β-unsaturated/α-hetero) is 1. The van der Waals surface area contributed by atoms with Crippen molar-refractivity contribution in [1.82, 2.24) is 0 Å². The van der Waals surface area contributed by atoms with Gasteiger partial charge in [-0.25, -0.2) is 0 Å². The van der Waals surface area contributed by atoms with E-state index in [1.54, 1.807) is 6.08 Å². The van der Waals surface area contributed by atoms with Crippen LogP contribution in [0.15, 0.2) is 11.6 Å². The summed E-state index contributed by atoms with van der Waals surface area (Å²) in [5, 5.41) is 19.4. The molecule has 3 nitrogen and oxygen atoms in total. The van der Waals surface area contributed by atoms with E-state index in [1.165, 1.54) is 44.9 Å². The van der Waals surface area contributed by atoms with Crippen molar-refractivity contribution < 1.29 is 15.0 Å². The molecule has 0 amide bonds. The van der Waals surface area contributed by atoms with E-state index >= 15 is 0 Å². The number of rotatable bonds is 8. The number of aliphatic hydroxyl groups is 2. The lowest BCUT2D eigenvalue weighted by Crippen LogP contribution is -2.48. The van der Waals surface area contributed by atoms with Crippen molar-refractivity contribution in [2.45, 2.75) is 112 Å². The largest absolute Gasteiger partial charge is 0.364 e. The van der Waals surface area contributed by atoms with Gasteiger partial charge in [-0.1, -0.05) is 73.3 Å². The fourth-order valence-electron chi connectivity index (χ4n) is 8.04. The van der Waals surface area contributed by atoms with E-state index in [0.717, 1.165) is 37.0 Å². The lowest BCUT2D eigenvalue weighted by atomic mass is 9.53. The molecule has 0 aromatic carbocycles. The first-order chi connectivity index (χ1) is 14.5. The Kier molecular flexibility index (Phi) is 7.79. The van der Waals surface area contributed by atoms with Gasteiger partial charge in [-0.3, -0.25) is 4.79 Å². The molecule has 31 heavy (non-hydrogen) atoms. The fourth-order valence-corrected chi connectivity index (χ4v) is 8.04. The second-order valence-electron chi connectivity index (χ2n) is 12.2. The smallest absolute Gasteiger partial charge is 0.181 e. The molecule has 0 aromatic heterocycles. The van der Waals surface area contributed by atoms with Crippen LogP contribution >= 0.6 is 0 Å². The molecule has 0 radical (unpaired) electrons. The predicted octanol–water partition coefficient (Wildman–Crippen LogP) is 6.52. The number of fused-ring (bicyclic) bond motifs is 1. The van der Waals surface area contributed by atoms with E-state index in [9.17, 15) is 15.0 Å². The maximum atomic E-state index is 13.3. The van der Waals surface area contributed by atoms with E-state index < -0.39 is 11.7 Å². The van der Waals surface area contributed by atoms with E-state index in [-0.39, 0.29) is 11.4 Å². The van der Waals surface area contributed by atoms with Gasteiger partial charge < -0.3 is 10.2 Å². The molecule has 2 saturated carbocycles. The molecule has 0 saturated heterocycles. The normalized spacial score (nSPS) is 39.7. The number of hydrogen-bond donors (Lipinski definition) is 2. The van der Waals surface area contributed by atoms with Gasteiger partial charge in [0, 0.05) is 11.0 Å². The first-order valence-corrected chi connectivity index (χ1v) is 13.2. The molecule has 2 fully saturated rings. The Hall–Kier alpha value is -0.670. The molecule has 1 unspecified atom stereocenters. The molecule has 7 atom stereocenters. The summed E-state index contributed by atoms with van der Waals surface area (Å²) in [6.07, 6.45) is 12.1. The topological polar surface area (TPSA) is 57.5 Å². The Bertz CT molecular complexity index is 665. The van der Waals surface area contributed by atoms with E-state index in [2.05, 4.69) is 41.5 Å². The Balaban J connectivity index is 1.74. The lowest BCUT2D eigenvalue weighted by molar-refractivity contribution is -0.137. The van der Waals surface area contributed by atoms with Crippen LogP contribution in [0.5, 0.6) is 0 Å². The molecule has 3 heteroatoms. The van der Waals surface area contributed by atoms with Crippen LogP contribution in [0.2, 0.25) is 0 Å². The molecule has 0 aromatic rings. The zero-order valence-electron chi connectivity index (χ0n) is 21.0. The van der Waals surface area contributed by atoms with Gasteiger partial charge >= 0.3 is 0 Å². The van der Waals surface area contributed by atoms with Crippen molar-refractivity contribution in [3.8, 4) is 0 Å². The third-order valence-electron chi connectivity index (χ3n) is 10.1. The standard InChI is InChI=1S/C28H48O3/c1-7-27(5)23(19(4)10-8-9-18(2)3)15-16-24(27)20-11-12-21-13-14-22(26(30)31)25(29)28(21,6)17-20/h14,18-21,23-24,26,30-31H,7-13,15-17H2,1-6H3/t19-,20-,21?,23-,24+,27-,28-/m1/s1. The van der Waals surface area contributed by atoms with Crippen LogP contribution in [0, 0.1) is 46.3 Å². The van der Waals surface area contributed by atoms with Crippen LogP contribution in [0.1, 0.15) is 106 Å². The van der Waals surface area contributed by atoms with E-state index in [4.69, 9.17) is 0 Å². The second-order valence-corrected chi connectivity index (χ2v) is 12.2. The SMILES string of the molecule is CC[C@]1(C)[C@@H]([C@H](C)CCCC(C)C)CC[C@H]1[C@@H]1CCC2CC=C(C(O)O)C(=O)[C@]2(C)C1. The van der Waals surface area contributed by atoms with Gasteiger partial charge in [-0.2, -0.15) is 0 Å². The van der Waals surface area contributed by atoms with Gasteiger partial charge in [0.1, 0.15) is 0 Å². The van der Waals surface area contributed by atoms with Crippen molar-refractivity contribution >= 4 is 5.78 Å². The molecular weight excluding hydrogens is 384 g/mol. The minimum atomic E-state index is -1.63. The summed E-state index contributed by atoms with van der Waals surface area (Å²) in [6.45, 7) is 14.2. The fraction of sp³-hybridized carbons (Fsp3) is 0.893. The minimum Gasteiger partial charge on any atom is -0.364 e. The van der Waals surface area contributed by atoms with Gasteiger partial charge in [0.2, 0.25) is 0 Å². The molecule has 2 N–H and O–H groups in total. The maximum Gasteiger partial charge on any atom is 0.181 e. The Morgan fingerprint density at radius 2 is 1.77 bits per heavy atom. The van der Waals surface area contributed by atoms with Gasteiger partial charge in [-0.15, -0.1) is 0 Å². The van der Waals surface area contributed by atoms with Crippen molar-refractivity contribution in [3.05, 3.63) is 11.6 Å². The van der Waals surface area contributed by atoms with Crippen molar-refractivity contribution in [2.75, 3.05) is 0 Å². The highest BCUT2D eigenvalue weighted by molar-refractivity contribution is 6.01. The maximum absolute atomic E-state index is 13.3. The van der Waals surface area contributed by atoms with Crippen LogP contribution in [-0.4, -0.2) is 22.3 Å². The summed E-state index contributed by atoms with van der Waals surface area (Å²) in [7, 11) is 0. The quantitative estimate of drug-likeness (QED) is 0.429. The second kappa shape index (κ2) is 9.67. The molecule has 3 aliphatic carbocycles.